The summed E-state index contributed by atoms with van der Waals surface area (Å²) in [6.45, 7) is 7.88. The maximum absolute atomic E-state index is 11.8. The largest absolute Gasteiger partial charge is 0.386 e. The third-order valence-corrected chi connectivity index (χ3v) is 3.49. The number of hydrogen-bond donors (Lipinski definition) is 3. The van der Waals surface area contributed by atoms with Gasteiger partial charge in [0.25, 0.3) is 0 Å². The molecule has 1 atom stereocenters. The molecule has 0 bridgehead atoms. The first-order valence-electron chi connectivity index (χ1n) is 7.20. The summed E-state index contributed by atoms with van der Waals surface area (Å²) in [5, 5.41) is 10.6. The number of amides is 2. The van der Waals surface area contributed by atoms with E-state index in [1.807, 2.05) is 11.8 Å². The van der Waals surface area contributed by atoms with Crippen molar-refractivity contribution in [3.8, 4) is 0 Å². The van der Waals surface area contributed by atoms with Crippen LogP contribution in [-0.2, 0) is 0 Å². The molecule has 0 spiro atoms. The number of carbonyl (C=O) groups excluding carboxylic acids is 1. The van der Waals surface area contributed by atoms with Gasteiger partial charge >= 0.3 is 6.03 Å². The lowest BCUT2D eigenvalue weighted by atomic mass is 10.1. The monoisotopic (exact) mass is 269 g/mol. The highest BCUT2D eigenvalue weighted by atomic mass is 16.2. The van der Waals surface area contributed by atoms with Gasteiger partial charge in [-0.3, -0.25) is 10.3 Å². The molecule has 1 heterocycles. The molecule has 4 N–H and O–H groups in total. The maximum Gasteiger partial charge on any atom is 0.317 e. The van der Waals surface area contributed by atoms with E-state index in [1.54, 1.807) is 0 Å². The number of nitrogens with two attached hydrogens (primary N) is 1. The van der Waals surface area contributed by atoms with E-state index in [4.69, 9.17) is 11.1 Å². The van der Waals surface area contributed by atoms with Crippen LogP contribution in [0.25, 0.3) is 0 Å². The van der Waals surface area contributed by atoms with Crippen molar-refractivity contribution in [3.05, 3.63) is 0 Å². The quantitative estimate of drug-likeness (QED) is 0.493. The number of urea groups is 1. The first kappa shape index (κ1) is 15.8. The van der Waals surface area contributed by atoms with Gasteiger partial charge in [0.1, 0.15) is 5.84 Å². The molecular formula is C13H27N5O. The van der Waals surface area contributed by atoms with Crippen molar-refractivity contribution in [2.75, 3.05) is 32.7 Å². The van der Waals surface area contributed by atoms with Crippen LogP contribution in [0.5, 0.6) is 0 Å². The standard InChI is InChI=1S/C13H27N5O/c1-3-5-11(12(14)15)17-7-9-18(10-8-17)13(19)16-6-4-2/h11H,3-10H2,1-2H3,(H3,14,15)(H,16,19). The van der Waals surface area contributed by atoms with Crippen molar-refractivity contribution < 1.29 is 4.79 Å². The van der Waals surface area contributed by atoms with Gasteiger partial charge < -0.3 is 16.0 Å². The van der Waals surface area contributed by atoms with E-state index in [1.165, 1.54) is 0 Å². The Kier molecular flexibility index (Phi) is 6.62. The van der Waals surface area contributed by atoms with Crippen molar-refractivity contribution >= 4 is 11.9 Å². The fraction of sp³-hybridized carbons (Fsp3) is 0.846. The van der Waals surface area contributed by atoms with Crippen LogP contribution >= 0.6 is 0 Å². The minimum atomic E-state index is 0.0244. The molecule has 19 heavy (non-hydrogen) atoms. The summed E-state index contributed by atoms with van der Waals surface area (Å²) in [6, 6.07) is 0.0576. The van der Waals surface area contributed by atoms with Crippen LogP contribution in [0.2, 0.25) is 0 Å². The van der Waals surface area contributed by atoms with Gasteiger partial charge in [-0.25, -0.2) is 4.79 Å². The molecule has 6 heteroatoms. The van der Waals surface area contributed by atoms with Crippen LogP contribution < -0.4 is 11.1 Å². The fourth-order valence-corrected chi connectivity index (χ4v) is 2.39. The summed E-state index contributed by atoms with van der Waals surface area (Å²) in [5.74, 6) is 0.241. The molecule has 0 aromatic rings. The van der Waals surface area contributed by atoms with Gasteiger partial charge in [0.05, 0.1) is 6.04 Å². The predicted molar refractivity (Wildman–Crippen MR) is 77.4 cm³/mol. The molecule has 1 fully saturated rings. The van der Waals surface area contributed by atoms with Crippen LogP contribution in [0.4, 0.5) is 4.79 Å². The molecule has 2 amide bonds. The zero-order valence-electron chi connectivity index (χ0n) is 12.1. The summed E-state index contributed by atoms with van der Waals surface area (Å²) in [6.07, 6.45) is 2.88. The average molecular weight is 269 g/mol. The van der Waals surface area contributed by atoms with E-state index in [0.717, 1.165) is 38.9 Å². The summed E-state index contributed by atoms with van der Waals surface area (Å²) in [7, 11) is 0. The Labute approximate surface area is 115 Å². The Hall–Kier alpha value is -1.30. The maximum atomic E-state index is 11.8. The number of nitrogens with one attached hydrogen (secondary N) is 2. The second-order valence-corrected chi connectivity index (χ2v) is 5.01. The highest BCUT2D eigenvalue weighted by Crippen LogP contribution is 2.11. The Morgan fingerprint density at radius 3 is 2.37 bits per heavy atom. The molecular weight excluding hydrogens is 242 g/mol. The van der Waals surface area contributed by atoms with Gasteiger partial charge in [-0.05, 0) is 12.8 Å². The Bertz CT molecular complexity index is 299. The van der Waals surface area contributed by atoms with Crippen LogP contribution in [0.15, 0.2) is 0 Å². The van der Waals surface area contributed by atoms with E-state index in [-0.39, 0.29) is 17.9 Å². The third-order valence-electron chi connectivity index (χ3n) is 3.49. The molecule has 1 unspecified atom stereocenters. The second kappa shape index (κ2) is 7.99. The summed E-state index contributed by atoms with van der Waals surface area (Å²) < 4.78 is 0. The topological polar surface area (TPSA) is 85.5 Å². The summed E-state index contributed by atoms with van der Waals surface area (Å²) >= 11 is 0. The van der Waals surface area contributed by atoms with Crippen molar-refractivity contribution in [3.63, 3.8) is 0 Å². The van der Waals surface area contributed by atoms with Crippen molar-refractivity contribution in [2.45, 2.75) is 39.2 Å². The van der Waals surface area contributed by atoms with Crippen molar-refractivity contribution in [1.29, 1.82) is 5.41 Å². The van der Waals surface area contributed by atoms with Gasteiger partial charge in [0.2, 0.25) is 0 Å². The molecule has 110 valence electrons. The normalized spacial score (nSPS) is 18.1. The number of nitrogens with zero attached hydrogens (tertiary/aromatic N) is 2. The SMILES string of the molecule is CCCNC(=O)N1CCN(C(CCC)C(=N)N)CC1. The third kappa shape index (κ3) is 4.70. The van der Waals surface area contributed by atoms with E-state index >= 15 is 0 Å². The van der Waals surface area contributed by atoms with Gasteiger partial charge in [-0.15, -0.1) is 0 Å². The number of carbonyl (C=O) groups is 1. The van der Waals surface area contributed by atoms with Crippen molar-refractivity contribution in [1.82, 2.24) is 15.1 Å². The molecule has 1 rings (SSSR count). The minimum Gasteiger partial charge on any atom is -0.386 e. The molecule has 1 aliphatic rings. The van der Waals surface area contributed by atoms with Crippen molar-refractivity contribution in [2.24, 2.45) is 5.73 Å². The number of piperazine rings is 1. The summed E-state index contributed by atoms with van der Waals surface area (Å²) in [5.41, 5.74) is 5.66. The van der Waals surface area contributed by atoms with Crippen LogP contribution in [-0.4, -0.2) is 60.4 Å². The van der Waals surface area contributed by atoms with E-state index in [0.29, 0.717) is 13.1 Å². The molecule has 0 aliphatic carbocycles. The van der Waals surface area contributed by atoms with Gasteiger partial charge in [-0.2, -0.15) is 0 Å². The molecule has 6 nitrogen and oxygen atoms in total. The first-order chi connectivity index (χ1) is 9.10. The Morgan fingerprint density at radius 2 is 1.89 bits per heavy atom. The predicted octanol–water partition coefficient (Wildman–Crippen LogP) is 0.828. The summed E-state index contributed by atoms with van der Waals surface area (Å²) in [4.78, 5) is 15.9. The zero-order valence-corrected chi connectivity index (χ0v) is 12.1. The average Bonchev–Trinajstić information content (AvgIpc) is 2.42. The van der Waals surface area contributed by atoms with Gasteiger partial charge in [-0.1, -0.05) is 20.3 Å². The number of rotatable bonds is 6. The van der Waals surface area contributed by atoms with E-state index in [2.05, 4.69) is 17.1 Å². The fourth-order valence-electron chi connectivity index (χ4n) is 2.39. The zero-order chi connectivity index (χ0) is 14.3. The molecule has 0 saturated carbocycles. The minimum absolute atomic E-state index is 0.0244. The van der Waals surface area contributed by atoms with E-state index < -0.39 is 0 Å². The molecule has 0 aromatic carbocycles. The number of hydrogen-bond acceptors (Lipinski definition) is 3. The molecule has 1 saturated heterocycles. The Morgan fingerprint density at radius 1 is 1.26 bits per heavy atom. The lowest BCUT2D eigenvalue weighted by Gasteiger charge is -2.38. The Balaban J connectivity index is 2.42. The highest BCUT2D eigenvalue weighted by molar-refractivity contribution is 5.82. The molecule has 0 aromatic heterocycles. The molecule has 0 radical (unpaired) electrons. The highest BCUT2D eigenvalue weighted by Gasteiger charge is 2.26. The van der Waals surface area contributed by atoms with Crippen LogP contribution in [0.1, 0.15) is 33.1 Å². The van der Waals surface area contributed by atoms with Crippen LogP contribution in [0, 0.1) is 5.41 Å². The second-order valence-electron chi connectivity index (χ2n) is 5.01. The lowest BCUT2D eigenvalue weighted by molar-refractivity contribution is 0.124. The first-order valence-corrected chi connectivity index (χ1v) is 7.20. The smallest absolute Gasteiger partial charge is 0.317 e. The molecule has 1 aliphatic heterocycles. The van der Waals surface area contributed by atoms with Crippen LogP contribution in [0.3, 0.4) is 0 Å². The van der Waals surface area contributed by atoms with E-state index in [9.17, 15) is 4.79 Å². The van der Waals surface area contributed by atoms with Gasteiger partial charge in [0, 0.05) is 32.7 Å². The number of amidine groups is 1. The lowest BCUT2D eigenvalue weighted by Crippen LogP contribution is -2.56. The van der Waals surface area contributed by atoms with Gasteiger partial charge in [0.15, 0.2) is 0 Å².